The summed E-state index contributed by atoms with van der Waals surface area (Å²) in [5.74, 6) is 0.772. The minimum Gasteiger partial charge on any atom is -0.478 e. The summed E-state index contributed by atoms with van der Waals surface area (Å²) in [6.07, 6.45) is 5.29. The maximum absolute atomic E-state index is 13.4. The Morgan fingerprint density at radius 1 is 1.14 bits per heavy atom. The van der Waals surface area contributed by atoms with Gasteiger partial charge in [-0.25, -0.2) is 4.98 Å². The second-order valence-electron chi connectivity index (χ2n) is 11.4. The number of carbonyl (C=O) groups is 2. The van der Waals surface area contributed by atoms with Crippen molar-refractivity contribution in [1.29, 1.82) is 0 Å². The van der Waals surface area contributed by atoms with Gasteiger partial charge in [0.25, 0.3) is 11.5 Å². The zero-order chi connectivity index (χ0) is 30.7. The summed E-state index contributed by atoms with van der Waals surface area (Å²) in [5.41, 5.74) is 1.06. The number of rotatable bonds is 8. The van der Waals surface area contributed by atoms with Gasteiger partial charge in [0.1, 0.15) is 5.02 Å². The third-order valence-electron chi connectivity index (χ3n) is 8.46. The number of piperidine rings is 2. The lowest BCUT2D eigenvalue weighted by Gasteiger charge is -2.39. The summed E-state index contributed by atoms with van der Waals surface area (Å²) < 4.78 is 6.95. The van der Waals surface area contributed by atoms with Gasteiger partial charge in [0.05, 0.1) is 17.6 Å². The van der Waals surface area contributed by atoms with Gasteiger partial charge in [-0.15, -0.1) is 0 Å². The maximum atomic E-state index is 13.4. The Hall–Kier alpha value is -3.90. The molecule has 43 heavy (non-hydrogen) atoms. The zero-order valence-corrected chi connectivity index (χ0v) is 25.9. The number of aromatic nitrogens is 3. The number of carbonyl (C=O) groups excluding carboxylic acids is 2. The molecule has 2 N–H and O–H groups in total. The monoisotopic (exact) mass is 610 g/mol. The van der Waals surface area contributed by atoms with E-state index in [1.807, 2.05) is 30.1 Å². The molecule has 0 saturated carbocycles. The fraction of sp³-hybridized carbons (Fsp3) is 0.500. The predicted molar refractivity (Wildman–Crippen MR) is 167 cm³/mol. The van der Waals surface area contributed by atoms with Gasteiger partial charge < -0.3 is 34.6 Å². The molecule has 0 aliphatic carbocycles. The smallest absolute Gasteiger partial charge is 0.293 e. The molecule has 3 aromatic rings. The number of hydrogen-bond acceptors (Lipinski definition) is 9. The fourth-order valence-corrected chi connectivity index (χ4v) is 5.93. The third-order valence-corrected chi connectivity index (χ3v) is 8.74. The van der Waals surface area contributed by atoms with Gasteiger partial charge in [0, 0.05) is 51.3 Å². The largest absolute Gasteiger partial charge is 0.478 e. The standard InChI is InChI=1S/C30H39ClN8O4/c1-32-26(40)18-43-25-15-20-14-21(7-8-24(20)38(4)29(25)42)34-27-23(31)16-33-30(35-27)39-11-5-6-19(17-39)28(41)37(3)22-9-12-36(2)13-10-22/h7-8,14-16,19,22H,5-6,9-13,17-18H2,1-4H3,(H,32,40)(H,33,34,35)/t19-/m1/s1. The summed E-state index contributed by atoms with van der Waals surface area (Å²) in [5, 5.41) is 6.83. The van der Waals surface area contributed by atoms with Gasteiger partial charge in [0.2, 0.25) is 11.9 Å². The molecule has 0 spiro atoms. The number of halogens is 1. The van der Waals surface area contributed by atoms with Crippen LogP contribution in [0, 0.1) is 5.92 Å². The number of amides is 2. The molecular formula is C30H39ClN8O4. The third kappa shape index (κ3) is 6.86. The van der Waals surface area contributed by atoms with Crippen LogP contribution < -0.4 is 25.8 Å². The number of nitrogens with one attached hydrogen (secondary N) is 2. The van der Waals surface area contributed by atoms with Crippen LogP contribution in [0.1, 0.15) is 25.7 Å². The van der Waals surface area contributed by atoms with E-state index in [0.717, 1.165) is 50.7 Å². The van der Waals surface area contributed by atoms with Crippen molar-refractivity contribution in [3.05, 3.63) is 45.8 Å². The number of hydrogen-bond donors (Lipinski definition) is 2. The highest BCUT2D eigenvalue weighted by Gasteiger charge is 2.33. The highest BCUT2D eigenvalue weighted by molar-refractivity contribution is 6.32. The molecule has 2 aromatic heterocycles. The van der Waals surface area contributed by atoms with Crippen LogP contribution in [0.5, 0.6) is 5.75 Å². The summed E-state index contributed by atoms with van der Waals surface area (Å²) >= 11 is 6.50. The highest BCUT2D eigenvalue weighted by atomic mass is 35.5. The Bertz CT molecular complexity index is 1560. The van der Waals surface area contributed by atoms with Crippen LogP contribution in [-0.2, 0) is 16.6 Å². The molecule has 4 heterocycles. The first-order chi connectivity index (χ1) is 20.6. The van der Waals surface area contributed by atoms with E-state index in [1.165, 1.54) is 11.6 Å². The number of pyridine rings is 1. The number of ether oxygens (including phenoxy) is 1. The van der Waals surface area contributed by atoms with Crippen LogP contribution in [-0.4, -0.2) is 96.1 Å². The number of aryl methyl sites for hydroxylation is 1. The van der Waals surface area contributed by atoms with Crippen LogP contribution in [0.25, 0.3) is 10.9 Å². The van der Waals surface area contributed by atoms with Crippen LogP contribution in [0.2, 0.25) is 5.02 Å². The molecule has 12 nitrogen and oxygen atoms in total. The van der Waals surface area contributed by atoms with E-state index >= 15 is 0 Å². The van der Waals surface area contributed by atoms with Crippen molar-refractivity contribution in [2.24, 2.45) is 13.0 Å². The molecule has 13 heteroatoms. The topological polar surface area (TPSA) is 125 Å². The minimum absolute atomic E-state index is 0.0776. The van der Waals surface area contributed by atoms with Gasteiger partial charge in [0.15, 0.2) is 18.2 Å². The molecule has 1 atom stereocenters. The summed E-state index contributed by atoms with van der Waals surface area (Å²) in [4.78, 5) is 53.3. The first-order valence-electron chi connectivity index (χ1n) is 14.6. The second kappa shape index (κ2) is 13.2. The Morgan fingerprint density at radius 3 is 2.65 bits per heavy atom. The molecule has 2 aliphatic heterocycles. The summed E-state index contributed by atoms with van der Waals surface area (Å²) in [6.45, 7) is 3.07. The Kier molecular flexibility index (Phi) is 9.36. The molecule has 1 aromatic carbocycles. The molecule has 0 unspecified atom stereocenters. The lowest BCUT2D eigenvalue weighted by atomic mass is 9.95. The van der Waals surface area contributed by atoms with Crippen molar-refractivity contribution < 1.29 is 14.3 Å². The Labute approximate surface area is 256 Å². The SMILES string of the molecule is CNC(=O)COc1cc2cc(Nc3nc(N4CCC[C@@H](C(=O)N(C)C5CCN(C)CC5)C4)ncc3Cl)ccc2n(C)c1=O. The van der Waals surface area contributed by atoms with E-state index in [0.29, 0.717) is 34.5 Å². The maximum Gasteiger partial charge on any atom is 0.293 e. The Morgan fingerprint density at radius 2 is 1.91 bits per heavy atom. The quantitative estimate of drug-likeness (QED) is 0.396. The van der Waals surface area contributed by atoms with Crippen molar-refractivity contribution in [3.63, 3.8) is 0 Å². The van der Waals surface area contributed by atoms with E-state index in [1.54, 1.807) is 19.3 Å². The highest BCUT2D eigenvalue weighted by Crippen LogP contribution is 2.30. The van der Waals surface area contributed by atoms with Crippen molar-refractivity contribution in [2.45, 2.75) is 31.7 Å². The van der Waals surface area contributed by atoms with E-state index in [-0.39, 0.29) is 41.7 Å². The number of likely N-dealkylation sites (N-methyl/N-ethyl adjacent to an activating group) is 1. The van der Waals surface area contributed by atoms with Crippen molar-refractivity contribution in [2.75, 3.05) is 64.1 Å². The molecule has 2 aliphatic rings. The number of nitrogens with zero attached hydrogens (tertiary/aromatic N) is 6. The number of benzene rings is 1. The second-order valence-corrected chi connectivity index (χ2v) is 11.8. The molecule has 5 rings (SSSR count). The van der Waals surface area contributed by atoms with Crippen LogP contribution >= 0.6 is 11.6 Å². The van der Waals surface area contributed by atoms with Gasteiger partial charge in [-0.2, -0.15) is 4.98 Å². The average molecular weight is 611 g/mol. The average Bonchev–Trinajstić information content (AvgIpc) is 3.02. The zero-order valence-electron chi connectivity index (χ0n) is 25.1. The molecule has 2 saturated heterocycles. The fourth-order valence-electron chi connectivity index (χ4n) is 5.79. The summed E-state index contributed by atoms with van der Waals surface area (Å²) in [6, 6.07) is 7.41. The van der Waals surface area contributed by atoms with E-state index in [2.05, 4.69) is 32.5 Å². The van der Waals surface area contributed by atoms with E-state index in [4.69, 9.17) is 21.3 Å². The molecule has 2 amide bonds. The lowest BCUT2D eigenvalue weighted by Crippen LogP contribution is -2.49. The van der Waals surface area contributed by atoms with E-state index in [9.17, 15) is 14.4 Å². The van der Waals surface area contributed by atoms with Gasteiger partial charge in [-0.1, -0.05) is 11.6 Å². The number of fused-ring (bicyclic) bond motifs is 1. The first kappa shape index (κ1) is 30.6. The van der Waals surface area contributed by atoms with Gasteiger partial charge >= 0.3 is 0 Å². The normalized spacial score (nSPS) is 18.0. The molecule has 0 bridgehead atoms. The van der Waals surface area contributed by atoms with Crippen LogP contribution in [0.15, 0.2) is 35.3 Å². The molecular weight excluding hydrogens is 572 g/mol. The molecule has 2 fully saturated rings. The minimum atomic E-state index is -0.337. The molecule has 0 radical (unpaired) electrons. The van der Waals surface area contributed by atoms with Crippen molar-refractivity contribution in [3.8, 4) is 5.75 Å². The van der Waals surface area contributed by atoms with Crippen LogP contribution in [0.4, 0.5) is 17.5 Å². The van der Waals surface area contributed by atoms with Gasteiger partial charge in [-0.05, 0) is 70.1 Å². The van der Waals surface area contributed by atoms with Crippen LogP contribution in [0.3, 0.4) is 0 Å². The predicted octanol–water partition coefficient (Wildman–Crippen LogP) is 2.62. The van der Waals surface area contributed by atoms with Crippen molar-refractivity contribution in [1.82, 2.24) is 29.7 Å². The van der Waals surface area contributed by atoms with Gasteiger partial charge in [-0.3, -0.25) is 14.4 Å². The number of likely N-dealkylation sites (tertiary alicyclic amines) is 1. The summed E-state index contributed by atoms with van der Waals surface area (Å²) in [7, 11) is 7.22. The van der Waals surface area contributed by atoms with Crippen molar-refractivity contribution >= 4 is 51.8 Å². The Balaban J connectivity index is 1.31. The first-order valence-corrected chi connectivity index (χ1v) is 15.0. The van der Waals surface area contributed by atoms with E-state index < -0.39 is 0 Å². The molecule has 230 valence electrons. The number of anilines is 3. The lowest BCUT2D eigenvalue weighted by molar-refractivity contribution is -0.137.